The van der Waals surface area contributed by atoms with Crippen LogP contribution >= 0.6 is 27.7 Å². The Morgan fingerprint density at radius 2 is 2.26 bits per heavy atom. The molecule has 0 saturated carbocycles. The number of carboxylic acids is 1. The van der Waals surface area contributed by atoms with Gasteiger partial charge in [0.1, 0.15) is 0 Å². The number of rotatable bonds is 3. The van der Waals surface area contributed by atoms with Gasteiger partial charge in [-0.15, -0.1) is 11.8 Å². The summed E-state index contributed by atoms with van der Waals surface area (Å²) < 4.78 is 0.845. The zero-order chi connectivity index (χ0) is 13.8. The molecule has 0 aromatic heterocycles. The second-order valence-corrected chi connectivity index (χ2v) is 6.64. The Labute approximate surface area is 124 Å². The van der Waals surface area contributed by atoms with Crippen molar-refractivity contribution in [2.75, 3.05) is 6.54 Å². The number of carboxylic acid groups (broad SMARTS) is 1. The highest BCUT2D eigenvalue weighted by Crippen LogP contribution is 2.33. The Hall–Kier alpha value is -1.01. The first-order valence-electron chi connectivity index (χ1n) is 6.02. The van der Waals surface area contributed by atoms with E-state index in [9.17, 15) is 14.7 Å². The standard InChI is InChI=1S/C13H14BrNO3S/c14-8-3-4-10(13(17)18)11(6-8)19-9-2-1-5-15-12(16)7-9/h3-4,6,9H,1-2,5,7H2,(H,15,16)(H,17,18). The van der Waals surface area contributed by atoms with Crippen LogP contribution in [-0.4, -0.2) is 28.8 Å². The quantitative estimate of drug-likeness (QED) is 0.885. The van der Waals surface area contributed by atoms with E-state index in [-0.39, 0.29) is 16.7 Å². The molecular weight excluding hydrogens is 330 g/mol. The zero-order valence-corrected chi connectivity index (χ0v) is 12.6. The summed E-state index contributed by atoms with van der Waals surface area (Å²) in [7, 11) is 0. The lowest BCUT2D eigenvalue weighted by Gasteiger charge is -2.14. The van der Waals surface area contributed by atoms with Crippen LogP contribution in [0.3, 0.4) is 0 Å². The van der Waals surface area contributed by atoms with Crippen molar-refractivity contribution in [2.45, 2.75) is 29.4 Å². The van der Waals surface area contributed by atoms with E-state index in [4.69, 9.17) is 0 Å². The summed E-state index contributed by atoms with van der Waals surface area (Å²) in [5.74, 6) is -0.894. The molecule has 19 heavy (non-hydrogen) atoms. The molecule has 1 amide bonds. The van der Waals surface area contributed by atoms with Crippen molar-refractivity contribution in [2.24, 2.45) is 0 Å². The largest absolute Gasteiger partial charge is 0.478 e. The topological polar surface area (TPSA) is 66.4 Å². The number of hydrogen-bond acceptors (Lipinski definition) is 3. The average molecular weight is 344 g/mol. The van der Waals surface area contributed by atoms with E-state index in [2.05, 4.69) is 21.2 Å². The fourth-order valence-electron chi connectivity index (χ4n) is 1.99. The minimum Gasteiger partial charge on any atom is -0.478 e. The maximum atomic E-state index is 11.5. The number of thioether (sulfide) groups is 1. The number of carbonyl (C=O) groups is 2. The Balaban J connectivity index is 2.19. The van der Waals surface area contributed by atoms with Crippen molar-refractivity contribution in [3.63, 3.8) is 0 Å². The number of amides is 1. The van der Waals surface area contributed by atoms with Crippen LogP contribution < -0.4 is 5.32 Å². The summed E-state index contributed by atoms with van der Waals surface area (Å²) >= 11 is 4.83. The Kier molecular flexibility index (Phi) is 4.87. The van der Waals surface area contributed by atoms with Gasteiger partial charge in [0.15, 0.2) is 0 Å². The molecule has 1 unspecified atom stereocenters. The van der Waals surface area contributed by atoms with E-state index in [1.54, 1.807) is 18.2 Å². The maximum absolute atomic E-state index is 11.5. The predicted molar refractivity (Wildman–Crippen MR) is 77.6 cm³/mol. The first-order valence-corrected chi connectivity index (χ1v) is 7.69. The Bertz CT molecular complexity index is 507. The van der Waals surface area contributed by atoms with Crippen LogP contribution in [-0.2, 0) is 4.79 Å². The summed E-state index contributed by atoms with van der Waals surface area (Å²) in [6.07, 6.45) is 2.28. The normalized spacial score (nSPS) is 19.6. The molecule has 0 radical (unpaired) electrons. The van der Waals surface area contributed by atoms with Crippen LogP contribution in [0.1, 0.15) is 29.6 Å². The summed E-state index contributed by atoms with van der Waals surface area (Å²) in [5.41, 5.74) is 0.290. The van der Waals surface area contributed by atoms with Crippen molar-refractivity contribution in [1.29, 1.82) is 0 Å². The molecule has 1 aromatic carbocycles. The van der Waals surface area contributed by atoms with Gasteiger partial charge in [-0.25, -0.2) is 4.79 Å². The zero-order valence-electron chi connectivity index (χ0n) is 10.2. The minimum absolute atomic E-state index is 0.0434. The van der Waals surface area contributed by atoms with E-state index >= 15 is 0 Å². The van der Waals surface area contributed by atoms with Gasteiger partial charge in [0.2, 0.25) is 5.91 Å². The smallest absolute Gasteiger partial charge is 0.336 e. The summed E-state index contributed by atoms with van der Waals surface area (Å²) in [5, 5.41) is 12.2. The lowest BCUT2D eigenvalue weighted by Crippen LogP contribution is -2.22. The lowest BCUT2D eigenvalue weighted by atomic mass is 10.2. The molecule has 0 bridgehead atoms. The Morgan fingerprint density at radius 1 is 1.47 bits per heavy atom. The van der Waals surface area contributed by atoms with Gasteiger partial charge in [0.25, 0.3) is 0 Å². The van der Waals surface area contributed by atoms with Gasteiger partial charge in [-0.1, -0.05) is 15.9 Å². The summed E-state index contributed by atoms with van der Waals surface area (Å²) in [4.78, 5) is 23.4. The first-order chi connectivity index (χ1) is 9.06. The lowest BCUT2D eigenvalue weighted by molar-refractivity contribution is -0.120. The second kappa shape index (κ2) is 6.43. The summed E-state index contributed by atoms with van der Waals surface area (Å²) in [6.45, 7) is 0.708. The van der Waals surface area contributed by atoms with Crippen LogP contribution in [0.5, 0.6) is 0 Å². The first kappa shape index (κ1) is 14.4. The highest BCUT2D eigenvalue weighted by atomic mass is 79.9. The molecule has 2 N–H and O–H groups in total. The third kappa shape index (κ3) is 3.98. The van der Waals surface area contributed by atoms with Gasteiger partial charge in [-0.2, -0.15) is 0 Å². The van der Waals surface area contributed by atoms with E-state index in [0.717, 1.165) is 17.3 Å². The van der Waals surface area contributed by atoms with E-state index in [0.29, 0.717) is 17.9 Å². The minimum atomic E-state index is -0.937. The molecule has 102 valence electrons. The molecule has 1 aliphatic heterocycles. The Morgan fingerprint density at radius 3 is 3.00 bits per heavy atom. The molecule has 0 aliphatic carbocycles. The van der Waals surface area contributed by atoms with Gasteiger partial charge in [0.05, 0.1) is 5.56 Å². The molecule has 0 spiro atoms. The van der Waals surface area contributed by atoms with Crippen LogP contribution in [0.2, 0.25) is 0 Å². The molecule has 2 rings (SSSR count). The van der Waals surface area contributed by atoms with Crippen LogP contribution in [0.15, 0.2) is 27.6 Å². The van der Waals surface area contributed by atoms with E-state index in [1.165, 1.54) is 11.8 Å². The number of aromatic carboxylic acids is 1. The van der Waals surface area contributed by atoms with Crippen molar-refractivity contribution >= 4 is 39.6 Å². The van der Waals surface area contributed by atoms with Crippen molar-refractivity contribution < 1.29 is 14.7 Å². The van der Waals surface area contributed by atoms with Gasteiger partial charge in [-0.05, 0) is 31.0 Å². The molecule has 1 heterocycles. The number of hydrogen-bond donors (Lipinski definition) is 2. The average Bonchev–Trinajstić information content (AvgIpc) is 2.53. The SMILES string of the molecule is O=C1CC(Sc2cc(Br)ccc2C(=O)O)CCCN1. The fourth-order valence-corrected chi connectivity index (χ4v) is 3.86. The number of halogens is 1. The van der Waals surface area contributed by atoms with Crippen molar-refractivity contribution in [3.05, 3.63) is 28.2 Å². The van der Waals surface area contributed by atoms with Crippen LogP contribution in [0.25, 0.3) is 0 Å². The fraction of sp³-hybridized carbons (Fsp3) is 0.385. The number of nitrogens with one attached hydrogen (secondary N) is 1. The maximum Gasteiger partial charge on any atom is 0.336 e. The number of benzene rings is 1. The van der Waals surface area contributed by atoms with Crippen molar-refractivity contribution in [3.8, 4) is 0 Å². The second-order valence-electron chi connectivity index (χ2n) is 4.38. The predicted octanol–water partition coefficient (Wildman–Crippen LogP) is 2.91. The summed E-state index contributed by atoms with van der Waals surface area (Å²) in [6, 6.07) is 5.11. The van der Waals surface area contributed by atoms with Gasteiger partial charge in [-0.3, -0.25) is 4.79 Å². The highest BCUT2D eigenvalue weighted by Gasteiger charge is 2.21. The van der Waals surface area contributed by atoms with Gasteiger partial charge < -0.3 is 10.4 Å². The molecule has 1 aliphatic rings. The molecule has 1 fully saturated rings. The molecule has 6 heteroatoms. The third-order valence-corrected chi connectivity index (χ3v) is 4.73. The molecule has 1 aromatic rings. The van der Waals surface area contributed by atoms with Crippen molar-refractivity contribution in [1.82, 2.24) is 5.32 Å². The van der Waals surface area contributed by atoms with Gasteiger partial charge >= 0.3 is 5.97 Å². The van der Waals surface area contributed by atoms with Crippen LogP contribution in [0, 0.1) is 0 Å². The molecular formula is C13H14BrNO3S. The third-order valence-electron chi connectivity index (χ3n) is 2.91. The monoisotopic (exact) mass is 343 g/mol. The molecule has 4 nitrogen and oxygen atoms in total. The van der Waals surface area contributed by atoms with E-state index < -0.39 is 5.97 Å². The highest BCUT2D eigenvalue weighted by molar-refractivity contribution is 9.10. The number of carbonyl (C=O) groups excluding carboxylic acids is 1. The molecule has 1 saturated heterocycles. The molecule has 1 atom stereocenters. The van der Waals surface area contributed by atoms with Gasteiger partial charge in [0, 0.05) is 27.6 Å². The van der Waals surface area contributed by atoms with E-state index in [1.807, 2.05) is 0 Å². The van der Waals surface area contributed by atoms with Crippen LogP contribution in [0.4, 0.5) is 0 Å².